The Bertz CT molecular complexity index is 1640. The van der Waals surface area contributed by atoms with Crippen LogP contribution in [0.1, 0.15) is 28.8 Å². The van der Waals surface area contributed by atoms with E-state index in [0.29, 0.717) is 30.5 Å². The molecule has 0 fully saturated rings. The van der Waals surface area contributed by atoms with E-state index in [-0.39, 0.29) is 17.7 Å². The van der Waals surface area contributed by atoms with E-state index in [9.17, 15) is 9.59 Å². The maximum absolute atomic E-state index is 13.3. The number of nitrogens with one attached hydrogen (secondary N) is 2. The summed E-state index contributed by atoms with van der Waals surface area (Å²) in [5.41, 5.74) is 9.36. The number of para-hydroxylation sites is 2. The van der Waals surface area contributed by atoms with E-state index in [1.54, 1.807) is 4.90 Å². The lowest BCUT2D eigenvalue weighted by atomic mass is 9.96. The van der Waals surface area contributed by atoms with Gasteiger partial charge in [0.15, 0.2) is 6.04 Å². The van der Waals surface area contributed by atoms with Crippen LogP contribution in [-0.2, 0) is 33.7 Å². The van der Waals surface area contributed by atoms with E-state index in [2.05, 4.69) is 32.0 Å². The molecular weight excluding hydrogens is 504 g/mol. The van der Waals surface area contributed by atoms with Crippen molar-refractivity contribution in [3.05, 3.63) is 77.4 Å². The summed E-state index contributed by atoms with van der Waals surface area (Å²) in [7, 11) is 1.34. The molecule has 2 atom stereocenters. The molecule has 2 aromatic carbocycles. The Morgan fingerprint density at radius 1 is 1.16 bits per heavy atom. The molecule has 3 aromatic heterocycles. The van der Waals surface area contributed by atoms with E-state index in [0.717, 1.165) is 50.4 Å². The Morgan fingerprint density at radius 3 is 2.74 bits per heavy atom. The molecule has 194 valence electrons. The van der Waals surface area contributed by atoms with Crippen LogP contribution in [0.3, 0.4) is 0 Å². The normalized spacial score (nSPS) is 16.1. The highest BCUT2D eigenvalue weighted by Gasteiger charge is 2.37. The number of thioether (sulfide) groups is 1. The van der Waals surface area contributed by atoms with E-state index in [4.69, 9.17) is 9.15 Å². The Balaban J connectivity index is 1.13. The first-order chi connectivity index (χ1) is 18.5. The smallest absolute Gasteiger partial charge is 0.328 e. The number of fused-ring (bicyclic) bond motifs is 4. The molecule has 5 aromatic rings. The van der Waals surface area contributed by atoms with Gasteiger partial charge in [-0.3, -0.25) is 4.79 Å². The maximum atomic E-state index is 13.3. The second-order valence-corrected chi connectivity index (χ2v) is 10.3. The van der Waals surface area contributed by atoms with Crippen LogP contribution >= 0.6 is 11.8 Å². The van der Waals surface area contributed by atoms with Gasteiger partial charge in [-0.2, -0.15) is 0 Å². The van der Waals surface area contributed by atoms with Crippen molar-refractivity contribution < 1.29 is 24.5 Å². The van der Waals surface area contributed by atoms with Crippen molar-refractivity contribution in [3.63, 3.8) is 0 Å². The number of methoxy groups -OCH3 is 1. The number of benzene rings is 2. The third-order valence-corrected chi connectivity index (χ3v) is 7.83. The van der Waals surface area contributed by atoms with Crippen molar-refractivity contribution in [2.45, 2.75) is 36.7 Å². The van der Waals surface area contributed by atoms with Gasteiger partial charge >= 0.3 is 5.97 Å². The Kier molecular flexibility index (Phi) is 6.38. The number of ether oxygens (including phenoxy) is 1. The first-order valence-corrected chi connectivity index (χ1v) is 13.3. The minimum Gasteiger partial charge on any atom is -0.467 e. The number of esters is 1. The van der Waals surface area contributed by atoms with Gasteiger partial charge in [0.25, 0.3) is 11.1 Å². The quantitative estimate of drug-likeness (QED) is 0.216. The fourth-order valence-electron chi connectivity index (χ4n) is 5.12. The lowest BCUT2D eigenvalue weighted by Gasteiger charge is -2.33. The molecule has 0 bridgehead atoms. The molecule has 4 heterocycles. The number of aromatic nitrogens is 4. The molecule has 0 saturated heterocycles. The van der Waals surface area contributed by atoms with Crippen LogP contribution in [0.25, 0.3) is 21.8 Å². The highest BCUT2D eigenvalue weighted by atomic mass is 32.2. The van der Waals surface area contributed by atoms with Crippen LogP contribution in [0.5, 0.6) is 0 Å². The first-order valence-electron chi connectivity index (χ1n) is 12.3. The fourth-order valence-corrected chi connectivity index (χ4v) is 5.78. The molecule has 0 saturated carbocycles. The van der Waals surface area contributed by atoms with Crippen molar-refractivity contribution >= 4 is 45.4 Å². The van der Waals surface area contributed by atoms with E-state index in [1.807, 2.05) is 48.7 Å². The minimum atomic E-state index is -0.696. The summed E-state index contributed by atoms with van der Waals surface area (Å²) >= 11 is 1.15. The third kappa shape index (κ3) is 4.44. The monoisotopic (exact) mass is 531 g/mol. The largest absolute Gasteiger partial charge is 0.467 e. The average Bonchev–Trinajstić information content (AvgIpc) is 3.67. The number of carbonyl (C=O) groups excluding carboxylic acids is 2. The van der Waals surface area contributed by atoms with Crippen molar-refractivity contribution in [2.75, 3.05) is 12.9 Å². The van der Waals surface area contributed by atoms with Crippen molar-refractivity contribution in [2.24, 2.45) is 0 Å². The minimum absolute atomic E-state index is 0.0505. The van der Waals surface area contributed by atoms with Gasteiger partial charge in [0.2, 0.25) is 5.91 Å². The number of H-pyrrole nitrogens is 2. The summed E-state index contributed by atoms with van der Waals surface area (Å²) in [4.78, 5) is 34.1. The number of amides is 1. The molecule has 11 heteroatoms. The number of quaternary nitrogens is 1. The zero-order chi connectivity index (χ0) is 26.2. The molecule has 1 aliphatic heterocycles. The van der Waals surface area contributed by atoms with Gasteiger partial charge in [-0.05, 0) is 23.3 Å². The molecule has 0 aliphatic carbocycles. The average molecular weight is 532 g/mol. The third-order valence-electron chi connectivity index (χ3n) is 7.03. The molecular formula is C27H27N6O4S+. The van der Waals surface area contributed by atoms with Gasteiger partial charge in [-0.25, -0.2) is 4.79 Å². The zero-order valence-corrected chi connectivity index (χ0v) is 21.6. The van der Waals surface area contributed by atoms with E-state index in [1.165, 1.54) is 7.11 Å². The van der Waals surface area contributed by atoms with Crippen LogP contribution in [0.15, 0.2) is 64.4 Å². The number of rotatable bonds is 7. The van der Waals surface area contributed by atoms with Crippen molar-refractivity contribution in [3.8, 4) is 0 Å². The van der Waals surface area contributed by atoms with Gasteiger partial charge in [0.05, 0.1) is 19.4 Å². The lowest BCUT2D eigenvalue weighted by Crippen LogP contribution is -2.54. The summed E-state index contributed by atoms with van der Waals surface area (Å²) < 4.78 is 10.9. The van der Waals surface area contributed by atoms with Gasteiger partial charge in [-0.1, -0.05) is 48.2 Å². The topological polar surface area (TPSA) is 145 Å². The van der Waals surface area contributed by atoms with Gasteiger partial charge in [0.1, 0.15) is 6.04 Å². The number of aromatic amines is 2. The van der Waals surface area contributed by atoms with E-state index >= 15 is 0 Å². The summed E-state index contributed by atoms with van der Waals surface area (Å²) in [6, 6.07) is 15.1. The van der Waals surface area contributed by atoms with Crippen LogP contribution in [-0.4, -0.2) is 55.8 Å². The van der Waals surface area contributed by atoms with Gasteiger partial charge in [0, 0.05) is 46.5 Å². The van der Waals surface area contributed by atoms with Gasteiger partial charge in [-0.15, -0.1) is 10.2 Å². The summed E-state index contributed by atoms with van der Waals surface area (Å²) in [5.74, 6) is -0.177. The molecule has 1 aliphatic rings. The second-order valence-electron chi connectivity index (χ2n) is 9.35. The highest BCUT2D eigenvalue weighted by Crippen LogP contribution is 2.32. The number of nitrogens with zero attached hydrogens (tertiary/aromatic N) is 3. The van der Waals surface area contributed by atoms with Crippen LogP contribution in [0.4, 0.5) is 0 Å². The number of hydrogen-bond acceptors (Lipinski definition) is 7. The molecule has 1 amide bonds. The molecule has 0 radical (unpaired) electrons. The predicted molar refractivity (Wildman–Crippen MR) is 141 cm³/mol. The molecule has 5 N–H and O–H groups in total. The van der Waals surface area contributed by atoms with Crippen LogP contribution < -0.4 is 5.73 Å². The van der Waals surface area contributed by atoms with Crippen molar-refractivity contribution in [1.29, 1.82) is 0 Å². The van der Waals surface area contributed by atoms with Crippen molar-refractivity contribution in [1.82, 2.24) is 25.1 Å². The fraction of sp³-hybridized carbons (Fsp3) is 0.259. The van der Waals surface area contributed by atoms with Gasteiger partial charge < -0.3 is 29.8 Å². The van der Waals surface area contributed by atoms with Crippen LogP contribution in [0.2, 0.25) is 0 Å². The standard InChI is InChI=1S/C27H26N6O4S/c1-36-26(35)23-11-18-17-7-3-5-9-21(17)30-22(18)13-33(23)24(34)14-38-27-32-31-25(37-27)19(28)10-15-12-29-20-8-4-2-6-16(15)20/h2-9,12,19,23,29-30H,10-11,13-14,28H2,1H3/p+1/t19-,23+/m0/s1. The molecule has 6 rings (SSSR count). The van der Waals surface area contributed by atoms with E-state index < -0.39 is 12.0 Å². The van der Waals surface area contributed by atoms with Crippen LogP contribution in [0, 0.1) is 0 Å². The molecule has 38 heavy (non-hydrogen) atoms. The first kappa shape index (κ1) is 24.3. The predicted octanol–water partition coefficient (Wildman–Crippen LogP) is 2.78. The maximum Gasteiger partial charge on any atom is 0.328 e. The zero-order valence-electron chi connectivity index (χ0n) is 20.8. The Labute approximate surface area is 221 Å². The SMILES string of the molecule is COC(=O)[C@H]1Cc2c([nH]c3ccccc23)CN1C(=O)CSc1nnc([C@@H]([NH3+])Cc2c[nH]c3ccccc23)o1. The number of hydrogen-bond donors (Lipinski definition) is 3. The second kappa shape index (κ2) is 9.99. The molecule has 0 spiro atoms. The Morgan fingerprint density at radius 2 is 1.92 bits per heavy atom. The summed E-state index contributed by atoms with van der Waals surface area (Å²) in [6.07, 6.45) is 3.00. The highest BCUT2D eigenvalue weighted by molar-refractivity contribution is 7.99. The summed E-state index contributed by atoms with van der Waals surface area (Å²) in [5, 5.41) is 10.8. The number of carbonyl (C=O) groups is 2. The summed E-state index contributed by atoms with van der Waals surface area (Å²) in [6.45, 7) is 0.295. The molecule has 0 unspecified atom stereocenters. The lowest BCUT2D eigenvalue weighted by molar-refractivity contribution is -0.431. The Hall–Kier alpha value is -4.09. The molecule has 10 nitrogen and oxygen atoms in total.